The molecule has 23 heteroatoms. The number of imidazole rings is 1. The zero-order valence-electron chi connectivity index (χ0n) is 21.5. The number of phosphoric ester groups is 1. The average molecular weight is 646 g/mol. The summed E-state index contributed by atoms with van der Waals surface area (Å²) in [6, 6.07) is 2.73. The highest BCUT2D eigenvalue weighted by Gasteiger charge is 2.57. The summed E-state index contributed by atoms with van der Waals surface area (Å²) in [5, 5.41) is 51.3. The van der Waals surface area contributed by atoms with Gasteiger partial charge >= 0.3 is 13.3 Å². The van der Waals surface area contributed by atoms with Gasteiger partial charge in [-0.3, -0.25) is 9.13 Å². The monoisotopic (exact) mass is 646 g/mol. The SMILES string of the molecule is N#[N+]c1ccc[n+]([C@@H]2O[C@@H](C(OP(=O)([O-])[O-])P(=O)(O)OC[C@H]3O[C@@H](n4cnc5c(N)ncnc54)[C@H](O)[C@@H]3O)[C@@H](O)[C@H]2O)c1. The summed E-state index contributed by atoms with van der Waals surface area (Å²) in [6.07, 6.45) is -9.09. The van der Waals surface area contributed by atoms with Crippen molar-refractivity contribution in [3.63, 3.8) is 0 Å². The summed E-state index contributed by atoms with van der Waals surface area (Å²) in [7, 11) is -11.5. The molecule has 0 radical (unpaired) electrons. The zero-order chi connectivity index (χ0) is 31.3. The number of phosphoric acid groups is 1. The van der Waals surface area contributed by atoms with Gasteiger partial charge in [0.25, 0.3) is 12.4 Å². The average Bonchev–Trinajstić information content (AvgIpc) is 3.60. The van der Waals surface area contributed by atoms with E-state index in [-0.39, 0.29) is 22.7 Å². The van der Waals surface area contributed by atoms with Crippen LogP contribution in [-0.4, -0.2) is 93.9 Å². The third-order valence-corrected chi connectivity index (χ3v) is 8.97. The van der Waals surface area contributed by atoms with Gasteiger partial charge in [0, 0.05) is 12.1 Å². The number of fused-ring (bicyclic) bond motifs is 1. The van der Waals surface area contributed by atoms with Gasteiger partial charge in [0.1, 0.15) is 42.4 Å². The van der Waals surface area contributed by atoms with Crippen LogP contribution < -0.4 is 20.1 Å². The summed E-state index contributed by atoms with van der Waals surface area (Å²) >= 11 is 0. The molecule has 3 aromatic rings. The summed E-state index contributed by atoms with van der Waals surface area (Å²) in [6.45, 7) is -0.974. The van der Waals surface area contributed by atoms with Crippen molar-refractivity contribution in [1.82, 2.24) is 19.5 Å². The van der Waals surface area contributed by atoms with Gasteiger partial charge in [0.15, 0.2) is 40.8 Å². The number of aliphatic hydroxyl groups is 4. The van der Waals surface area contributed by atoms with E-state index in [9.17, 15) is 44.2 Å². The van der Waals surface area contributed by atoms with Crippen LogP contribution in [0.4, 0.5) is 11.5 Å². The predicted molar refractivity (Wildman–Crippen MR) is 131 cm³/mol. The molecule has 5 heterocycles. The van der Waals surface area contributed by atoms with E-state index in [2.05, 4.69) is 24.5 Å². The fourth-order valence-corrected chi connectivity index (χ4v) is 7.04. The fraction of sp³-hybridized carbons (Fsp3) is 0.500. The van der Waals surface area contributed by atoms with Crippen molar-refractivity contribution in [3.05, 3.63) is 42.2 Å². The number of ether oxygens (including phenoxy) is 2. The topological polar surface area (TPSA) is 320 Å². The van der Waals surface area contributed by atoms with E-state index in [0.717, 1.165) is 17.1 Å². The molecule has 2 saturated heterocycles. The van der Waals surface area contributed by atoms with Gasteiger partial charge in [0.05, 0.1) is 20.8 Å². The molecular formula is C20H24N8O13P2. The number of hydrogen-bond acceptors (Lipinski definition) is 17. The van der Waals surface area contributed by atoms with Gasteiger partial charge in [-0.25, -0.2) is 15.0 Å². The number of rotatable bonds is 9. The number of nitrogen functional groups attached to an aromatic ring is 1. The van der Waals surface area contributed by atoms with Gasteiger partial charge in [-0.1, -0.05) is 0 Å². The van der Waals surface area contributed by atoms with Crippen LogP contribution in [0.5, 0.6) is 0 Å². The molecule has 0 spiro atoms. The van der Waals surface area contributed by atoms with E-state index in [4.69, 9.17) is 25.1 Å². The van der Waals surface area contributed by atoms with E-state index in [1.165, 1.54) is 29.2 Å². The third kappa shape index (κ3) is 6.15. The first kappa shape index (κ1) is 31.4. The Hall–Kier alpha value is -3.06. The Bertz CT molecular complexity index is 1630. The molecule has 0 amide bonds. The van der Waals surface area contributed by atoms with E-state index < -0.39 is 76.9 Å². The number of aliphatic hydroxyl groups excluding tert-OH is 4. The summed E-state index contributed by atoms with van der Waals surface area (Å²) in [5.74, 6) is -2.68. The zero-order valence-corrected chi connectivity index (χ0v) is 23.3. The number of aromatic nitrogens is 5. The number of nitrogens with two attached hydrogens (primary N) is 1. The number of hydrogen-bond donors (Lipinski definition) is 6. The normalized spacial score (nSPS) is 31.6. The molecule has 0 aliphatic carbocycles. The molecule has 7 N–H and O–H groups in total. The number of anilines is 1. The highest BCUT2D eigenvalue weighted by atomic mass is 31.2. The fourth-order valence-electron chi connectivity index (χ4n) is 4.71. The van der Waals surface area contributed by atoms with Gasteiger partial charge in [-0.2, -0.15) is 4.57 Å². The standard InChI is InChI=1S/C20H24N8O13P2/c21-16-10-17(24-6-23-16)28(7-25-10)19-13(31)11(29)9(39-19)5-38-42(33,34)20(41-43(35,36)37)15-12(30)14(32)18(40-15)27-3-1-2-8(4-27)26-22/h1-4,6-7,9,11-15,18-20,29-32H,5H2,(H3-2,21,23,24,33,34,35,36,37)/t9-,11-,12+,13-,14-,15-,18-,19-,20?/m1/s1. The Morgan fingerprint density at radius 1 is 1.14 bits per heavy atom. The number of nitrogens with zero attached hydrogens (tertiary/aromatic N) is 7. The number of pyridine rings is 1. The Kier molecular flexibility index (Phi) is 8.60. The molecule has 232 valence electrons. The largest absolute Gasteiger partial charge is 0.790 e. The molecule has 21 nitrogen and oxygen atoms in total. The molecule has 2 aliphatic rings. The Balaban J connectivity index is 1.35. The lowest BCUT2D eigenvalue weighted by Gasteiger charge is -2.37. The molecule has 10 atom stereocenters. The Labute approximate surface area is 240 Å². The molecule has 2 aliphatic heterocycles. The maximum atomic E-state index is 13.3. The van der Waals surface area contributed by atoms with E-state index in [0.29, 0.717) is 0 Å². The molecule has 5 rings (SSSR count). The molecule has 0 saturated carbocycles. The van der Waals surface area contributed by atoms with Crippen LogP contribution in [-0.2, 0) is 27.7 Å². The first-order valence-electron chi connectivity index (χ1n) is 12.2. The van der Waals surface area contributed by atoms with Gasteiger partial charge in [-0.05, 0) is 0 Å². The van der Waals surface area contributed by atoms with E-state index >= 15 is 0 Å². The van der Waals surface area contributed by atoms with Crippen molar-refractivity contribution < 1.29 is 67.3 Å². The molecular weight excluding hydrogens is 622 g/mol. The highest BCUT2D eigenvalue weighted by molar-refractivity contribution is 7.54. The van der Waals surface area contributed by atoms with E-state index in [1.54, 1.807) is 0 Å². The molecule has 2 unspecified atom stereocenters. The van der Waals surface area contributed by atoms with Gasteiger partial charge in [-0.15, -0.1) is 0 Å². The van der Waals surface area contributed by atoms with Crippen LogP contribution in [0.25, 0.3) is 16.1 Å². The Morgan fingerprint density at radius 3 is 2.58 bits per heavy atom. The molecule has 43 heavy (non-hydrogen) atoms. The van der Waals surface area contributed by atoms with Crippen molar-refractivity contribution in [3.8, 4) is 0 Å². The maximum Gasteiger partial charge on any atom is 0.447 e. The first-order chi connectivity index (χ1) is 20.2. The smallest absolute Gasteiger partial charge is 0.447 e. The van der Waals surface area contributed by atoms with Crippen LogP contribution in [0, 0.1) is 5.39 Å². The first-order valence-corrected chi connectivity index (χ1v) is 15.3. The van der Waals surface area contributed by atoms with E-state index in [1.807, 2.05) is 0 Å². The van der Waals surface area contributed by atoms with Crippen molar-refractivity contribution in [2.45, 2.75) is 54.9 Å². The maximum absolute atomic E-state index is 13.3. The second-order valence-electron chi connectivity index (χ2n) is 9.51. The second-order valence-corrected chi connectivity index (χ2v) is 12.5. The molecule has 2 fully saturated rings. The van der Waals surface area contributed by atoms with Crippen LogP contribution in [0.1, 0.15) is 12.5 Å². The molecule has 3 aromatic heterocycles. The van der Waals surface area contributed by atoms with Crippen molar-refractivity contribution >= 4 is 38.1 Å². The minimum Gasteiger partial charge on any atom is -0.790 e. The third-order valence-electron chi connectivity index (χ3n) is 6.75. The minimum absolute atomic E-state index is 0.0148. The second kappa shape index (κ2) is 11.8. The minimum atomic E-state index is -6.06. The van der Waals surface area contributed by atoms with Gasteiger partial charge < -0.3 is 63.9 Å². The summed E-state index contributed by atoms with van der Waals surface area (Å²) < 4.78 is 47.4. The van der Waals surface area contributed by atoms with Crippen molar-refractivity contribution in [1.29, 1.82) is 5.39 Å². The summed E-state index contributed by atoms with van der Waals surface area (Å²) in [5.41, 5.74) is 6.04. The Morgan fingerprint density at radius 2 is 1.88 bits per heavy atom. The van der Waals surface area contributed by atoms with Crippen LogP contribution in [0.3, 0.4) is 0 Å². The predicted octanol–water partition coefficient (Wildman–Crippen LogP) is -3.51. The van der Waals surface area contributed by atoms with Crippen molar-refractivity contribution in [2.75, 3.05) is 12.3 Å². The van der Waals surface area contributed by atoms with Crippen LogP contribution in [0.15, 0.2) is 37.2 Å². The summed E-state index contributed by atoms with van der Waals surface area (Å²) in [4.78, 5) is 48.5. The number of diazo groups is 1. The van der Waals surface area contributed by atoms with Crippen LogP contribution >= 0.6 is 15.4 Å². The lowest BCUT2D eigenvalue weighted by atomic mass is 10.1. The van der Waals surface area contributed by atoms with Crippen LogP contribution in [0.2, 0.25) is 0 Å². The molecule has 0 aromatic carbocycles. The molecule has 0 bridgehead atoms. The van der Waals surface area contributed by atoms with Crippen molar-refractivity contribution in [2.24, 2.45) is 0 Å². The lowest BCUT2D eigenvalue weighted by molar-refractivity contribution is -0.765. The lowest BCUT2D eigenvalue weighted by Crippen LogP contribution is -2.45. The quantitative estimate of drug-likeness (QED) is 0.0745. The highest BCUT2D eigenvalue weighted by Crippen LogP contribution is 2.56. The van der Waals surface area contributed by atoms with Gasteiger partial charge in [0.2, 0.25) is 5.39 Å².